The van der Waals surface area contributed by atoms with Gasteiger partial charge >= 0.3 is 0 Å². The molecule has 88 valence electrons. The molecule has 1 aromatic heterocycles. The Morgan fingerprint density at radius 3 is 2.94 bits per heavy atom. The molecule has 0 spiro atoms. The fourth-order valence-electron chi connectivity index (χ4n) is 2.56. The summed E-state index contributed by atoms with van der Waals surface area (Å²) in [6.07, 6.45) is 2.96. The van der Waals surface area contributed by atoms with E-state index in [1.165, 1.54) is 11.1 Å². The number of aromatic nitrogens is 3. The number of nitrogens with zero attached hydrogens (tertiary/aromatic N) is 3. The second kappa shape index (κ2) is 3.99. The molecule has 1 unspecified atom stereocenters. The molecule has 0 aliphatic heterocycles. The number of hydrogen-bond acceptors (Lipinski definition) is 2. The van der Waals surface area contributed by atoms with Crippen LogP contribution in [0.5, 0.6) is 0 Å². The summed E-state index contributed by atoms with van der Waals surface area (Å²) in [4.78, 5) is 0. The van der Waals surface area contributed by atoms with Gasteiger partial charge in [0, 0.05) is 12.5 Å². The van der Waals surface area contributed by atoms with Crippen molar-refractivity contribution in [2.75, 3.05) is 0 Å². The molecule has 3 rings (SSSR count). The van der Waals surface area contributed by atoms with Crippen molar-refractivity contribution in [2.24, 2.45) is 5.92 Å². The largest absolute Gasteiger partial charge is 0.317 e. The molecule has 3 heteroatoms. The van der Waals surface area contributed by atoms with Crippen molar-refractivity contribution in [1.82, 2.24) is 14.8 Å². The average Bonchev–Trinajstić information content (AvgIpc) is 2.67. The van der Waals surface area contributed by atoms with Crippen molar-refractivity contribution in [1.29, 1.82) is 0 Å². The zero-order valence-electron chi connectivity index (χ0n) is 10.3. The van der Waals surface area contributed by atoms with Crippen LogP contribution in [-0.2, 0) is 13.0 Å². The van der Waals surface area contributed by atoms with Gasteiger partial charge in [0.1, 0.15) is 12.2 Å². The van der Waals surface area contributed by atoms with Crippen LogP contribution in [-0.4, -0.2) is 14.8 Å². The van der Waals surface area contributed by atoms with Crippen molar-refractivity contribution >= 4 is 0 Å². The molecule has 1 aliphatic rings. The third-order valence-corrected chi connectivity index (χ3v) is 3.37. The highest BCUT2D eigenvalue weighted by molar-refractivity contribution is 5.43. The van der Waals surface area contributed by atoms with Gasteiger partial charge in [0.25, 0.3) is 0 Å². The minimum atomic E-state index is 0.451. The lowest BCUT2D eigenvalue weighted by atomic mass is 9.77. The Bertz CT molecular complexity index is 528. The number of hydrogen-bond donors (Lipinski definition) is 0. The van der Waals surface area contributed by atoms with Gasteiger partial charge in [-0.25, -0.2) is 0 Å². The van der Waals surface area contributed by atoms with Crippen LogP contribution < -0.4 is 0 Å². The molecule has 17 heavy (non-hydrogen) atoms. The molecule has 0 amide bonds. The molecule has 1 aliphatic carbocycles. The molecular formula is C14H17N3. The van der Waals surface area contributed by atoms with Crippen molar-refractivity contribution in [3.05, 3.63) is 47.5 Å². The SMILES string of the molecule is CC(C)Cn1cnnc1C1Cc2ccccc21. The molecule has 0 radical (unpaired) electrons. The van der Waals surface area contributed by atoms with Gasteiger partial charge in [0.05, 0.1) is 0 Å². The average molecular weight is 227 g/mol. The van der Waals surface area contributed by atoms with Gasteiger partial charge < -0.3 is 4.57 Å². The minimum Gasteiger partial charge on any atom is -0.317 e. The van der Waals surface area contributed by atoms with Crippen LogP contribution in [0.3, 0.4) is 0 Å². The number of rotatable bonds is 3. The van der Waals surface area contributed by atoms with Crippen molar-refractivity contribution in [3.63, 3.8) is 0 Å². The summed E-state index contributed by atoms with van der Waals surface area (Å²) in [6.45, 7) is 5.44. The first-order chi connectivity index (χ1) is 8.25. The van der Waals surface area contributed by atoms with Crippen molar-refractivity contribution in [2.45, 2.75) is 32.7 Å². The highest BCUT2D eigenvalue weighted by atomic mass is 15.3. The molecule has 1 aromatic carbocycles. The smallest absolute Gasteiger partial charge is 0.140 e. The summed E-state index contributed by atoms with van der Waals surface area (Å²) in [5, 5.41) is 8.37. The van der Waals surface area contributed by atoms with Gasteiger partial charge in [-0.2, -0.15) is 0 Å². The van der Waals surface area contributed by atoms with E-state index in [9.17, 15) is 0 Å². The van der Waals surface area contributed by atoms with E-state index in [2.05, 4.69) is 52.9 Å². The third-order valence-electron chi connectivity index (χ3n) is 3.37. The second-order valence-corrected chi connectivity index (χ2v) is 5.19. The lowest BCUT2D eigenvalue weighted by Gasteiger charge is -2.29. The second-order valence-electron chi connectivity index (χ2n) is 5.19. The lowest BCUT2D eigenvalue weighted by molar-refractivity contribution is 0.488. The Morgan fingerprint density at radius 2 is 2.18 bits per heavy atom. The van der Waals surface area contributed by atoms with E-state index in [4.69, 9.17) is 0 Å². The summed E-state index contributed by atoms with van der Waals surface area (Å²) in [5.41, 5.74) is 2.88. The molecule has 0 saturated heterocycles. The Balaban J connectivity index is 1.90. The number of benzene rings is 1. The minimum absolute atomic E-state index is 0.451. The molecule has 3 nitrogen and oxygen atoms in total. The zero-order chi connectivity index (χ0) is 11.8. The maximum atomic E-state index is 4.30. The molecule has 2 aromatic rings. The Hall–Kier alpha value is -1.64. The predicted molar refractivity (Wildman–Crippen MR) is 66.8 cm³/mol. The van der Waals surface area contributed by atoms with Gasteiger partial charge in [-0.3, -0.25) is 0 Å². The van der Waals surface area contributed by atoms with Gasteiger partial charge in [-0.15, -0.1) is 10.2 Å². The lowest BCUT2D eigenvalue weighted by Crippen LogP contribution is -2.22. The molecule has 0 N–H and O–H groups in total. The third kappa shape index (κ3) is 1.75. The number of fused-ring (bicyclic) bond motifs is 1. The summed E-state index contributed by atoms with van der Waals surface area (Å²) in [6, 6.07) is 8.62. The first-order valence-electron chi connectivity index (χ1n) is 6.21. The quantitative estimate of drug-likeness (QED) is 0.807. The van der Waals surface area contributed by atoms with Crippen LogP contribution in [0.2, 0.25) is 0 Å². The fourth-order valence-corrected chi connectivity index (χ4v) is 2.56. The Morgan fingerprint density at radius 1 is 1.35 bits per heavy atom. The fraction of sp³-hybridized carbons (Fsp3) is 0.429. The van der Waals surface area contributed by atoms with E-state index in [0.29, 0.717) is 11.8 Å². The molecule has 0 fully saturated rings. The van der Waals surface area contributed by atoms with Crippen LogP contribution in [0.15, 0.2) is 30.6 Å². The van der Waals surface area contributed by atoms with E-state index in [-0.39, 0.29) is 0 Å². The maximum absolute atomic E-state index is 4.30. The zero-order valence-corrected chi connectivity index (χ0v) is 10.3. The normalized spacial score (nSPS) is 17.9. The highest BCUT2D eigenvalue weighted by Gasteiger charge is 2.30. The van der Waals surface area contributed by atoms with Crippen LogP contribution in [0, 0.1) is 5.92 Å². The van der Waals surface area contributed by atoms with Crippen molar-refractivity contribution in [3.8, 4) is 0 Å². The predicted octanol–water partition coefficient (Wildman–Crippen LogP) is 2.62. The van der Waals surface area contributed by atoms with Gasteiger partial charge in [-0.05, 0) is 23.5 Å². The molecule has 1 heterocycles. The monoisotopic (exact) mass is 227 g/mol. The van der Waals surface area contributed by atoms with E-state index < -0.39 is 0 Å². The molecule has 0 bridgehead atoms. The van der Waals surface area contributed by atoms with Crippen LogP contribution in [0.25, 0.3) is 0 Å². The van der Waals surface area contributed by atoms with E-state index in [1.54, 1.807) is 0 Å². The van der Waals surface area contributed by atoms with E-state index in [0.717, 1.165) is 18.8 Å². The van der Waals surface area contributed by atoms with Crippen LogP contribution >= 0.6 is 0 Å². The Labute approximate surface area is 101 Å². The summed E-state index contributed by atoms with van der Waals surface area (Å²) < 4.78 is 2.20. The van der Waals surface area contributed by atoms with Gasteiger partial charge in [0.2, 0.25) is 0 Å². The van der Waals surface area contributed by atoms with E-state index in [1.807, 2.05) is 6.33 Å². The summed E-state index contributed by atoms with van der Waals surface area (Å²) in [5.74, 6) is 2.20. The molecule has 0 saturated carbocycles. The highest BCUT2D eigenvalue weighted by Crippen LogP contribution is 2.38. The first kappa shape index (κ1) is 10.5. The summed E-state index contributed by atoms with van der Waals surface area (Å²) >= 11 is 0. The van der Waals surface area contributed by atoms with Gasteiger partial charge in [0.15, 0.2) is 0 Å². The van der Waals surface area contributed by atoms with Crippen molar-refractivity contribution < 1.29 is 0 Å². The molecular weight excluding hydrogens is 210 g/mol. The maximum Gasteiger partial charge on any atom is 0.140 e. The topological polar surface area (TPSA) is 30.7 Å². The molecule has 1 atom stereocenters. The van der Waals surface area contributed by atoms with Gasteiger partial charge in [-0.1, -0.05) is 38.1 Å². The first-order valence-corrected chi connectivity index (χ1v) is 6.21. The van der Waals surface area contributed by atoms with Crippen LogP contribution in [0.1, 0.15) is 36.7 Å². The van der Waals surface area contributed by atoms with E-state index >= 15 is 0 Å². The van der Waals surface area contributed by atoms with Crippen LogP contribution in [0.4, 0.5) is 0 Å². The standard InChI is InChI=1S/C14H17N3/c1-10(2)8-17-9-15-16-14(17)13-7-11-5-3-4-6-12(11)13/h3-6,9-10,13H,7-8H2,1-2H3. The summed E-state index contributed by atoms with van der Waals surface area (Å²) in [7, 11) is 0. The Kier molecular flexibility index (Phi) is 2.46.